The molecule has 14 heteroatoms. The Hall–Kier alpha value is -5.47. The van der Waals surface area contributed by atoms with Crippen LogP contribution in [0.1, 0.15) is 37.6 Å². The molecule has 3 aromatic carbocycles. The zero-order valence-corrected chi connectivity index (χ0v) is 28.7. The lowest BCUT2D eigenvalue weighted by molar-refractivity contribution is 0.145. The summed E-state index contributed by atoms with van der Waals surface area (Å²) in [6, 6.07) is 23.6. The van der Waals surface area contributed by atoms with E-state index in [-0.39, 0.29) is 12.0 Å². The Balaban J connectivity index is 1.29. The maximum atomic E-state index is 13.4. The van der Waals surface area contributed by atoms with Crippen molar-refractivity contribution in [1.29, 1.82) is 0 Å². The molecule has 0 radical (unpaired) electrons. The second-order valence-electron chi connectivity index (χ2n) is 12.4. The van der Waals surface area contributed by atoms with Gasteiger partial charge >= 0.3 is 22.3 Å². The maximum absolute atomic E-state index is 13.4. The van der Waals surface area contributed by atoms with Gasteiger partial charge in [0.25, 0.3) is 0 Å². The van der Waals surface area contributed by atoms with Crippen LogP contribution in [0.2, 0.25) is 0 Å². The standard InChI is InChI=1S/C35H39N7O6S/c1-35(2,3)31-21-32(42(39-31)26-14-12-25(13-15-26)23-48-34(44)40-49(45,46)41(4)5)38-33(43)37-29-16-17-30(28-11-7-6-10-27(28)29)47-20-18-24-9-8-19-36-22-24/h6-17,19,21-22H,18,20,23H2,1-5H3,(H,40,44)(H2,37,38,43). The average Bonchev–Trinajstić information content (AvgIpc) is 3.49. The Morgan fingerprint density at radius 2 is 1.63 bits per heavy atom. The van der Waals surface area contributed by atoms with E-state index in [2.05, 4.69) is 15.6 Å². The zero-order chi connectivity index (χ0) is 35.2. The highest BCUT2D eigenvalue weighted by Crippen LogP contribution is 2.32. The third kappa shape index (κ3) is 8.91. The topological polar surface area (TPSA) is 157 Å². The van der Waals surface area contributed by atoms with Crippen LogP contribution in [0.15, 0.2) is 91.3 Å². The Morgan fingerprint density at radius 1 is 0.898 bits per heavy atom. The quantitative estimate of drug-likeness (QED) is 0.153. The number of ether oxygens (including phenoxy) is 2. The smallest absolute Gasteiger partial charge is 0.422 e. The van der Waals surface area contributed by atoms with E-state index in [1.165, 1.54) is 14.1 Å². The molecule has 0 aliphatic rings. The molecule has 2 heterocycles. The van der Waals surface area contributed by atoms with Crippen molar-refractivity contribution < 1.29 is 27.5 Å². The van der Waals surface area contributed by atoms with E-state index in [4.69, 9.17) is 14.6 Å². The first-order valence-corrected chi connectivity index (χ1v) is 16.9. The van der Waals surface area contributed by atoms with Gasteiger partial charge in [0.2, 0.25) is 0 Å². The summed E-state index contributed by atoms with van der Waals surface area (Å²) in [6.45, 7) is 6.40. The molecular formula is C35H39N7O6S. The number of carbonyl (C=O) groups is 2. The van der Waals surface area contributed by atoms with Gasteiger partial charge in [0, 0.05) is 55.2 Å². The fourth-order valence-electron chi connectivity index (χ4n) is 4.74. The number of hydrogen-bond donors (Lipinski definition) is 3. The molecule has 0 atom stereocenters. The van der Waals surface area contributed by atoms with Crippen LogP contribution in [-0.2, 0) is 33.4 Å². The Kier molecular flexibility index (Phi) is 10.5. The van der Waals surface area contributed by atoms with Crippen molar-refractivity contribution in [1.82, 2.24) is 23.8 Å². The molecule has 0 unspecified atom stereocenters. The van der Waals surface area contributed by atoms with Gasteiger partial charge in [0.05, 0.1) is 23.7 Å². The van der Waals surface area contributed by atoms with Gasteiger partial charge < -0.3 is 14.8 Å². The third-order valence-corrected chi connectivity index (χ3v) is 8.85. The maximum Gasteiger partial charge on any atom is 0.422 e. The normalized spacial score (nSPS) is 11.7. The molecule has 0 aliphatic heterocycles. The number of rotatable bonds is 11. The van der Waals surface area contributed by atoms with Crippen LogP contribution in [0.3, 0.4) is 0 Å². The molecule has 5 aromatic rings. The second-order valence-corrected chi connectivity index (χ2v) is 14.3. The van der Waals surface area contributed by atoms with Gasteiger partial charge in [-0.3, -0.25) is 10.3 Å². The first-order chi connectivity index (χ1) is 23.3. The predicted molar refractivity (Wildman–Crippen MR) is 188 cm³/mol. The summed E-state index contributed by atoms with van der Waals surface area (Å²) in [7, 11) is -1.37. The Labute approximate surface area is 285 Å². The van der Waals surface area contributed by atoms with Crippen LogP contribution >= 0.6 is 0 Å². The van der Waals surface area contributed by atoms with Crippen molar-refractivity contribution in [3.63, 3.8) is 0 Å². The molecule has 5 rings (SSSR count). The van der Waals surface area contributed by atoms with E-state index in [1.807, 2.05) is 86.3 Å². The van der Waals surface area contributed by atoms with Gasteiger partial charge in [-0.05, 0) is 41.5 Å². The van der Waals surface area contributed by atoms with E-state index >= 15 is 0 Å². The molecule has 49 heavy (non-hydrogen) atoms. The molecule has 0 saturated heterocycles. The fourth-order valence-corrected chi connectivity index (χ4v) is 5.19. The van der Waals surface area contributed by atoms with Crippen molar-refractivity contribution in [2.24, 2.45) is 0 Å². The van der Waals surface area contributed by atoms with Gasteiger partial charge in [-0.2, -0.15) is 17.8 Å². The summed E-state index contributed by atoms with van der Waals surface area (Å²) >= 11 is 0. The van der Waals surface area contributed by atoms with Crippen LogP contribution in [0.25, 0.3) is 16.5 Å². The van der Waals surface area contributed by atoms with Crippen LogP contribution in [-0.4, -0.2) is 60.3 Å². The minimum atomic E-state index is -3.96. The summed E-state index contributed by atoms with van der Waals surface area (Å²) in [5.74, 6) is 1.16. The number of nitrogens with zero attached hydrogens (tertiary/aromatic N) is 4. The number of hydrogen-bond acceptors (Lipinski definition) is 8. The molecule has 256 valence electrons. The number of urea groups is 1. The molecule has 0 bridgehead atoms. The number of fused-ring (bicyclic) bond motifs is 1. The van der Waals surface area contributed by atoms with Crippen molar-refractivity contribution in [2.75, 3.05) is 31.3 Å². The SMILES string of the molecule is CN(C)S(=O)(=O)NC(=O)OCc1ccc(-n2nc(C(C)(C)C)cc2NC(=O)Nc2ccc(OCCc3cccnc3)c3ccccc23)cc1. The summed E-state index contributed by atoms with van der Waals surface area (Å²) in [6.07, 6.45) is 3.19. The lowest BCUT2D eigenvalue weighted by Crippen LogP contribution is -2.39. The fraction of sp³-hybridized carbons (Fsp3) is 0.257. The highest BCUT2D eigenvalue weighted by atomic mass is 32.2. The van der Waals surface area contributed by atoms with E-state index < -0.39 is 22.3 Å². The Bertz CT molecular complexity index is 2040. The molecule has 3 amide bonds. The summed E-state index contributed by atoms with van der Waals surface area (Å²) < 4.78 is 39.2. The van der Waals surface area contributed by atoms with Gasteiger partial charge in [0.15, 0.2) is 0 Å². The van der Waals surface area contributed by atoms with Crippen LogP contribution < -0.4 is 20.1 Å². The molecule has 0 fully saturated rings. The number of nitrogens with one attached hydrogen (secondary N) is 3. The predicted octanol–water partition coefficient (Wildman–Crippen LogP) is 6.02. The third-order valence-electron chi connectivity index (χ3n) is 7.47. The number of carbonyl (C=O) groups excluding carboxylic acids is 2. The van der Waals surface area contributed by atoms with E-state index in [0.717, 1.165) is 26.3 Å². The van der Waals surface area contributed by atoms with Crippen LogP contribution in [0, 0.1) is 0 Å². The Morgan fingerprint density at radius 3 is 2.31 bits per heavy atom. The zero-order valence-electron chi connectivity index (χ0n) is 27.9. The highest BCUT2D eigenvalue weighted by Gasteiger charge is 2.22. The first-order valence-electron chi connectivity index (χ1n) is 15.5. The number of amides is 3. The minimum Gasteiger partial charge on any atom is -0.493 e. The average molecular weight is 686 g/mol. The van der Waals surface area contributed by atoms with Crippen molar-refractivity contribution >= 4 is 44.6 Å². The van der Waals surface area contributed by atoms with E-state index in [0.29, 0.717) is 41.5 Å². The number of benzene rings is 3. The molecule has 0 aliphatic carbocycles. The lowest BCUT2D eigenvalue weighted by Gasteiger charge is -2.15. The van der Waals surface area contributed by atoms with E-state index in [9.17, 15) is 18.0 Å². The van der Waals surface area contributed by atoms with Crippen LogP contribution in [0.5, 0.6) is 5.75 Å². The van der Waals surface area contributed by atoms with Gasteiger partial charge in [-0.1, -0.05) is 63.2 Å². The molecule has 0 saturated carbocycles. The van der Waals surface area contributed by atoms with Crippen LogP contribution in [0.4, 0.5) is 21.1 Å². The van der Waals surface area contributed by atoms with Gasteiger partial charge in [-0.25, -0.2) is 19.0 Å². The molecule has 13 nitrogen and oxygen atoms in total. The van der Waals surface area contributed by atoms with Gasteiger partial charge in [0.1, 0.15) is 18.2 Å². The first kappa shape index (κ1) is 34.9. The number of aromatic nitrogens is 3. The summed E-state index contributed by atoms with van der Waals surface area (Å²) in [5, 5.41) is 12.4. The second kappa shape index (κ2) is 14.7. The minimum absolute atomic E-state index is 0.156. The van der Waals surface area contributed by atoms with Gasteiger partial charge in [-0.15, -0.1) is 0 Å². The molecule has 0 spiro atoms. The molecule has 3 N–H and O–H groups in total. The monoisotopic (exact) mass is 685 g/mol. The highest BCUT2D eigenvalue weighted by molar-refractivity contribution is 7.87. The summed E-state index contributed by atoms with van der Waals surface area (Å²) in [5.41, 5.74) is 3.41. The largest absolute Gasteiger partial charge is 0.493 e. The molecular weight excluding hydrogens is 646 g/mol. The lowest BCUT2D eigenvalue weighted by atomic mass is 9.92. The van der Waals surface area contributed by atoms with E-state index in [1.54, 1.807) is 35.1 Å². The van der Waals surface area contributed by atoms with Crippen molar-refractivity contribution in [3.8, 4) is 11.4 Å². The van der Waals surface area contributed by atoms with Crippen molar-refractivity contribution in [3.05, 3.63) is 108 Å². The molecule has 2 aromatic heterocycles. The van der Waals surface area contributed by atoms with Crippen molar-refractivity contribution in [2.45, 2.75) is 39.2 Å². The number of pyridine rings is 1. The summed E-state index contributed by atoms with van der Waals surface area (Å²) in [4.78, 5) is 29.6. The number of anilines is 2.